The van der Waals surface area contributed by atoms with Gasteiger partial charge in [-0.25, -0.2) is 14.8 Å². The molecule has 2 heterocycles. The molecule has 24 heavy (non-hydrogen) atoms. The molecule has 0 aromatic heterocycles. The fraction of sp³-hybridized carbons (Fsp3) is 0.316. The zero-order chi connectivity index (χ0) is 16.9. The van der Waals surface area contributed by atoms with E-state index in [0.29, 0.717) is 23.8 Å². The third-order valence-electron chi connectivity index (χ3n) is 4.12. The van der Waals surface area contributed by atoms with Gasteiger partial charge >= 0.3 is 5.97 Å². The molecule has 0 fully saturated rings. The Labute approximate surface area is 142 Å². The van der Waals surface area contributed by atoms with Crippen molar-refractivity contribution in [3.05, 3.63) is 59.4 Å². The van der Waals surface area contributed by atoms with Gasteiger partial charge in [-0.05, 0) is 38.3 Å². The minimum absolute atomic E-state index is 0.120. The van der Waals surface area contributed by atoms with Crippen LogP contribution in [0.3, 0.4) is 0 Å². The van der Waals surface area contributed by atoms with Crippen LogP contribution in [0.4, 0.5) is 0 Å². The van der Waals surface area contributed by atoms with E-state index in [0.717, 1.165) is 12.8 Å². The maximum absolute atomic E-state index is 12.5. The number of guanidine groups is 1. The van der Waals surface area contributed by atoms with Crippen LogP contribution in [0.15, 0.2) is 63.9 Å². The number of ether oxygens (including phenoxy) is 1. The maximum atomic E-state index is 12.5. The highest BCUT2D eigenvalue weighted by Crippen LogP contribution is 2.28. The minimum atomic E-state index is -0.293. The second kappa shape index (κ2) is 7.25. The van der Waals surface area contributed by atoms with Crippen molar-refractivity contribution >= 4 is 18.1 Å². The molecule has 124 valence electrons. The smallest absolute Gasteiger partial charge is 0.337 e. The highest BCUT2D eigenvalue weighted by atomic mass is 16.5. The molecule has 2 aliphatic rings. The molecule has 3 rings (SSSR count). The predicted molar refractivity (Wildman–Crippen MR) is 94.8 cm³/mol. The van der Waals surface area contributed by atoms with Crippen molar-refractivity contribution < 1.29 is 9.53 Å². The van der Waals surface area contributed by atoms with Crippen molar-refractivity contribution in [3.63, 3.8) is 0 Å². The number of aryl methyl sites for hydroxylation is 1. The third kappa shape index (κ3) is 3.30. The minimum Gasteiger partial charge on any atom is -0.463 e. The normalized spacial score (nSPS) is 19.2. The number of rotatable bonds is 5. The number of aliphatic imine (C=N–C) groups is 2. The Balaban J connectivity index is 1.89. The summed E-state index contributed by atoms with van der Waals surface area (Å²) in [5, 5.41) is 0. The van der Waals surface area contributed by atoms with Gasteiger partial charge in [-0.3, -0.25) is 0 Å². The summed E-state index contributed by atoms with van der Waals surface area (Å²) in [6.45, 7) is 4.01. The fourth-order valence-electron chi connectivity index (χ4n) is 3.02. The van der Waals surface area contributed by atoms with Gasteiger partial charge in [0.05, 0.1) is 23.9 Å². The van der Waals surface area contributed by atoms with E-state index in [2.05, 4.69) is 22.1 Å². The Hall–Kier alpha value is -2.69. The summed E-state index contributed by atoms with van der Waals surface area (Å²) in [6, 6.07) is 10.1. The van der Waals surface area contributed by atoms with Crippen molar-refractivity contribution in [2.24, 2.45) is 9.98 Å². The molecule has 1 aromatic carbocycles. The number of carbonyl (C=O) groups is 1. The molecular formula is C19H21N3O2. The molecule has 0 saturated heterocycles. The Kier molecular flexibility index (Phi) is 4.89. The maximum Gasteiger partial charge on any atom is 0.337 e. The lowest BCUT2D eigenvalue weighted by atomic mass is 9.95. The third-order valence-corrected chi connectivity index (χ3v) is 4.12. The van der Waals surface area contributed by atoms with Gasteiger partial charge in [0, 0.05) is 12.4 Å². The Morgan fingerprint density at radius 1 is 1.29 bits per heavy atom. The van der Waals surface area contributed by atoms with Crippen LogP contribution in [0.2, 0.25) is 0 Å². The molecule has 0 N–H and O–H groups in total. The Morgan fingerprint density at radius 3 is 2.83 bits per heavy atom. The van der Waals surface area contributed by atoms with E-state index in [1.54, 1.807) is 6.21 Å². The predicted octanol–water partition coefficient (Wildman–Crippen LogP) is 3.09. The average Bonchev–Trinajstić information content (AvgIpc) is 2.60. The Morgan fingerprint density at radius 2 is 2.08 bits per heavy atom. The van der Waals surface area contributed by atoms with Crippen LogP contribution >= 0.6 is 0 Å². The van der Waals surface area contributed by atoms with Gasteiger partial charge in [0.2, 0.25) is 5.96 Å². The van der Waals surface area contributed by atoms with Gasteiger partial charge in [-0.1, -0.05) is 30.3 Å². The van der Waals surface area contributed by atoms with Crippen LogP contribution in [0.5, 0.6) is 0 Å². The van der Waals surface area contributed by atoms with Gasteiger partial charge in [0.1, 0.15) is 0 Å². The first-order valence-corrected chi connectivity index (χ1v) is 8.20. The molecule has 1 atom stereocenters. The van der Waals surface area contributed by atoms with E-state index in [-0.39, 0.29) is 12.0 Å². The van der Waals surface area contributed by atoms with Crippen LogP contribution in [0, 0.1) is 0 Å². The van der Waals surface area contributed by atoms with Gasteiger partial charge < -0.3 is 9.64 Å². The summed E-state index contributed by atoms with van der Waals surface area (Å²) in [7, 11) is 0. The number of benzene rings is 1. The first-order valence-electron chi connectivity index (χ1n) is 8.20. The molecule has 1 aromatic rings. The molecule has 0 amide bonds. The van der Waals surface area contributed by atoms with Crippen LogP contribution in [-0.4, -0.2) is 35.7 Å². The second-order valence-electron chi connectivity index (χ2n) is 5.70. The molecule has 0 spiro atoms. The molecule has 0 saturated carbocycles. The number of esters is 1. The molecule has 0 bridgehead atoms. The summed E-state index contributed by atoms with van der Waals surface area (Å²) in [5.74, 6) is 0.333. The van der Waals surface area contributed by atoms with Crippen LogP contribution in [0.1, 0.15) is 25.8 Å². The van der Waals surface area contributed by atoms with Crippen LogP contribution in [0.25, 0.3) is 0 Å². The molecule has 0 radical (unpaired) electrons. The van der Waals surface area contributed by atoms with E-state index in [4.69, 9.17) is 4.74 Å². The summed E-state index contributed by atoms with van der Waals surface area (Å²) in [4.78, 5) is 23.2. The molecule has 0 aliphatic carbocycles. The molecule has 1 unspecified atom stereocenters. The number of allylic oxidation sites excluding steroid dienone is 2. The number of hydrogen-bond acceptors (Lipinski definition) is 5. The van der Waals surface area contributed by atoms with E-state index >= 15 is 0 Å². The van der Waals surface area contributed by atoms with E-state index in [9.17, 15) is 4.79 Å². The highest BCUT2D eigenvalue weighted by molar-refractivity contribution is 5.99. The standard InChI is InChI=1S/C19H21N3O2/c1-3-24-18(23)17-14(2)21-19-20-12-7-13-22(19)16(17)11-10-15-8-5-4-6-9-15/h4-9,12-13,16H,3,10-11H2,1-2H3. The number of hydrogen-bond donors (Lipinski definition) is 0. The van der Waals surface area contributed by atoms with Crippen molar-refractivity contribution in [2.45, 2.75) is 32.7 Å². The van der Waals surface area contributed by atoms with E-state index in [1.807, 2.05) is 49.2 Å². The van der Waals surface area contributed by atoms with E-state index < -0.39 is 0 Å². The number of carbonyl (C=O) groups excluding carboxylic acids is 1. The topological polar surface area (TPSA) is 54.3 Å². The van der Waals surface area contributed by atoms with Crippen molar-refractivity contribution in [1.82, 2.24) is 4.90 Å². The highest BCUT2D eigenvalue weighted by Gasteiger charge is 2.34. The molecule has 2 aliphatic heterocycles. The number of fused-ring (bicyclic) bond motifs is 1. The zero-order valence-corrected chi connectivity index (χ0v) is 14.0. The largest absolute Gasteiger partial charge is 0.463 e. The van der Waals surface area contributed by atoms with Crippen LogP contribution in [-0.2, 0) is 16.0 Å². The van der Waals surface area contributed by atoms with Gasteiger partial charge in [0.15, 0.2) is 0 Å². The van der Waals surface area contributed by atoms with E-state index in [1.165, 1.54) is 5.56 Å². The lowest BCUT2D eigenvalue weighted by Crippen LogP contribution is -2.43. The first-order chi connectivity index (χ1) is 11.7. The second-order valence-corrected chi connectivity index (χ2v) is 5.70. The lowest BCUT2D eigenvalue weighted by Gasteiger charge is -2.35. The summed E-state index contributed by atoms with van der Waals surface area (Å²) < 4.78 is 5.26. The van der Waals surface area contributed by atoms with Gasteiger partial charge in [-0.2, -0.15) is 0 Å². The SMILES string of the molecule is CCOC(=O)C1=C(C)N=C2N=CC=CN2C1CCc1ccccc1. The number of nitrogens with zero attached hydrogens (tertiary/aromatic N) is 3. The fourth-order valence-corrected chi connectivity index (χ4v) is 3.02. The summed E-state index contributed by atoms with van der Waals surface area (Å²) in [5.41, 5.74) is 2.55. The quantitative estimate of drug-likeness (QED) is 0.783. The van der Waals surface area contributed by atoms with Crippen molar-refractivity contribution in [3.8, 4) is 0 Å². The first kappa shape index (κ1) is 16.2. The Bertz CT molecular complexity index is 732. The summed E-state index contributed by atoms with van der Waals surface area (Å²) >= 11 is 0. The average molecular weight is 323 g/mol. The summed E-state index contributed by atoms with van der Waals surface area (Å²) in [6.07, 6.45) is 7.15. The molecule has 5 nitrogen and oxygen atoms in total. The van der Waals surface area contributed by atoms with Crippen molar-refractivity contribution in [2.75, 3.05) is 6.61 Å². The monoisotopic (exact) mass is 323 g/mol. The molecule has 5 heteroatoms. The van der Waals surface area contributed by atoms with Gasteiger partial charge in [0.25, 0.3) is 0 Å². The van der Waals surface area contributed by atoms with Gasteiger partial charge in [-0.15, -0.1) is 0 Å². The van der Waals surface area contributed by atoms with Crippen molar-refractivity contribution in [1.29, 1.82) is 0 Å². The molecular weight excluding hydrogens is 302 g/mol. The lowest BCUT2D eigenvalue weighted by molar-refractivity contribution is -0.139. The zero-order valence-electron chi connectivity index (χ0n) is 14.0. The van der Waals surface area contributed by atoms with Crippen LogP contribution < -0.4 is 0 Å².